The van der Waals surface area contributed by atoms with E-state index in [1.165, 1.54) is 0 Å². The van der Waals surface area contributed by atoms with Gasteiger partial charge < -0.3 is 5.32 Å². The van der Waals surface area contributed by atoms with Crippen molar-refractivity contribution in [3.05, 3.63) is 28.2 Å². The van der Waals surface area contributed by atoms with Gasteiger partial charge in [0.05, 0.1) is 10.7 Å². The Morgan fingerprint density at radius 3 is 2.76 bits per heavy atom. The molecule has 92 valence electrons. The summed E-state index contributed by atoms with van der Waals surface area (Å²) in [5.41, 5.74) is 1.08. The van der Waals surface area contributed by atoms with Crippen LogP contribution in [0.5, 0.6) is 0 Å². The lowest BCUT2D eigenvalue weighted by Gasteiger charge is -2.27. The molecule has 0 atom stereocenters. The number of rotatable bonds is 1. The topological polar surface area (TPSA) is 24.4 Å². The fourth-order valence-corrected chi connectivity index (χ4v) is 2.72. The molecule has 0 spiro atoms. The molecule has 1 aliphatic heterocycles. The second-order valence-electron chi connectivity index (χ2n) is 4.82. The Kier molecular flexibility index (Phi) is 3.91. The third kappa shape index (κ3) is 3.54. The minimum atomic E-state index is 0.272. The molecule has 17 heavy (non-hydrogen) atoms. The molecule has 0 fully saturated rings. The predicted octanol–water partition coefficient (Wildman–Crippen LogP) is 4.53. The Balaban J connectivity index is 2.12. The van der Waals surface area contributed by atoms with E-state index in [1.807, 2.05) is 6.07 Å². The molecular weight excluding hydrogens is 275 g/mol. The first-order valence-corrected chi connectivity index (χ1v) is 7.10. The summed E-state index contributed by atoms with van der Waals surface area (Å²) in [7, 11) is 0. The molecule has 0 aromatic heterocycles. The van der Waals surface area contributed by atoms with Crippen molar-refractivity contribution in [2.45, 2.75) is 13.8 Å². The first-order chi connectivity index (χ1) is 7.96. The van der Waals surface area contributed by atoms with E-state index in [1.54, 1.807) is 23.9 Å². The van der Waals surface area contributed by atoms with Gasteiger partial charge in [0, 0.05) is 17.3 Å². The molecule has 1 aromatic carbocycles. The molecule has 2 nitrogen and oxygen atoms in total. The highest BCUT2D eigenvalue weighted by Gasteiger charge is 2.23. The van der Waals surface area contributed by atoms with Crippen molar-refractivity contribution in [1.82, 2.24) is 0 Å². The zero-order valence-electron chi connectivity index (χ0n) is 9.76. The maximum Gasteiger partial charge on any atom is 0.161 e. The van der Waals surface area contributed by atoms with E-state index < -0.39 is 0 Å². The SMILES string of the molecule is CC1(C)CN=C(Nc2cc(Cl)ccc2Cl)SC1. The highest BCUT2D eigenvalue weighted by Crippen LogP contribution is 2.31. The average molecular weight is 289 g/mol. The average Bonchev–Trinajstić information content (AvgIpc) is 2.26. The zero-order chi connectivity index (χ0) is 12.5. The molecule has 0 unspecified atom stereocenters. The van der Waals surface area contributed by atoms with Crippen LogP contribution in [0.3, 0.4) is 0 Å². The van der Waals surface area contributed by atoms with E-state index in [0.717, 1.165) is 23.2 Å². The summed E-state index contributed by atoms with van der Waals surface area (Å²) >= 11 is 13.7. The van der Waals surface area contributed by atoms with Crippen LogP contribution in [0.2, 0.25) is 10.0 Å². The van der Waals surface area contributed by atoms with Crippen molar-refractivity contribution in [2.75, 3.05) is 17.6 Å². The molecular formula is C12H14Cl2N2S. The van der Waals surface area contributed by atoms with E-state index in [-0.39, 0.29) is 5.41 Å². The molecule has 0 radical (unpaired) electrons. The summed E-state index contributed by atoms with van der Waals surface area (Å²) in [5, 5.41) is 5.46. The standard InChI is InChI=1S/C12H14Cl2N2S/c1-12(2)6-15-11(17-7-12)16-10-5-8(13)3-4-9(10)14/h3-5H,6-7H2,1-2H3,(H,15,16). The molecule has 0 saturated heterocycles. The highest BCUT2D eigenvalue weighted by atomic mass is 35.5. The van der Waals surface area contributed by atoms with Crippen molar-refractivity contribution in [1.29, 1.82) is 0 Å². The second kappa shape index (κ2) is 5.09. The Labute approximate surface area is 116 Å². The fraction of sp³-hybridized carbons (Fsp3) is 0.417. The summed E-state index contributed by atoms with van der Waals surface area (Å²) in [6.45, 7) is 5.26. The largest absolute Gasteiger partial charge is 0.334 e. The van der Waals surface area contributed by atoms with Gasteiger partial charge in [0.1, 0.15) is 0 Å². The van der Waals surface area contributed by atoms with Gasteiger partial charge in [-0.3, -0.25) is 4.99 Å². The Morgan fingerprint density at radius 1 is 1.35 bits per heavy atom. The van der Waals surface area contributed by atoms with E-state index in [9.17, 15) is 0 Å². The summed E-state index contributed by atoms with van der Waals surface area (Å²) in [6.07, 6.45) is 0. The molecule has 0 aliphatic carbocycles. The predicted molar refractivity (Wildman–Crippen MR) is 78.6 cm³/mol. The fourth-order valence-electron chi connectivity index (χ4n) is 1.42. The van der Waals surface area contributed by atoms with Gasteiger partial charge in [-0.25, -0.2) is 0 Å². The Hall–Kier alpha value is -0.380. The lowest BCUT2D eigenvalue weighted by atomic mass is 9.97. The number of hydrogen-bond acceptors (Lipinski definition) is 3. The second-order valence-corrected chi connectivity index (χ2v) is 6.63. The number of amidine groups is 1. The third-order valence-corrected chi connectivity index (χ3v) is 4.42. The molecule has 0 saturated carbocycles. The lowest BCUT2D eigenvalue weighted by Crippen LogP contribution is -2.27. The number of nitrogens with zero attached hydrogens (tertiary/aromatic N) is 1. The zero-order valence-corrected chi connectivity index (χ0v) is 12.1. The van der Waals surface area contributed by atoms with Crippen molar-refractivity contribution in [3.8, 4) is 0 Å². The van der Waals surface area contributed by atoms with Crippen LogP contribution in [-0.2, 0) is 0 Å². The minimum Gasteiger partial charge on any atom is -0.334 e. The number of halogens is 2. The lowest BCUT2D eigenvalue weighted by molar-refractivity contribution is 0.438. The molecule has 5 heteroatoms. The van der Waals surface area contributed by atoms with Crippen molar-refractivity contribution in [2.24, 2.45) is 10.4 Å². The number of benzene rings is 1. The summed E-state index contributed by atoms with van der Waals surface area (Å²) in [5.74, 6) is 1.05. The first-order valence-electron chi connectivity index (χ1n) is 5.36. The maximum atomic E-state index is 6.09. The normalized spacial score (nSPS) is 18.7. The van der Waals surface area contributed by atoms with Crippen LogP contribution in [0.25, 0.3) is 0 Å². The quantitative estimate of drug-likeness (QED) is 0.821. The van der Waals surface area contributed by atoms with E-state index >= 15 is 0 Å². The van der Waals surface area contributed by atoms with Gasteiger partial charge in [0.15, 0.2) is 5.17 Å². The Morgan fingerprint density at radius 2 is 2.12 bits per heavy atom. The van der Waals surface area contributed by atoms with Crippen molar-refractivity contribution >= 4 is 45.8 Å². The van der Waals surface area contributed by atoms with E-state index in [4.69, 9.17) is 23.2 Å². The van der Waals surface area contributed by atoms with Crippen LogP contribution in [0, 0.1) is 5.41 Å². The highest BCUT2D eigenvalue weighted by molar-refractivity contribution is 8.14. The smallest absolute Gasteiger partial charge is 0.161 e. The molecule has 2 rings (SSSR count). The van der Waals surface area contributed by atoms with E-state index in [2.05, 4.69) is 24.2 Å². The summed E-state index contributed by atoms with van der Waals surface area (Å²) in [6, 6.07) is 5.37. The number of hydrogen-bond donors (Lipinski definition) is 1. The number of thioether (sulfide) groups is 1. The van der Waals surface area contributed by atoms with Gasteiger partial charge in [-0.2, -0.15) is 0 Å². The number of aliphatic imine (C=N–C) groups is 1. The van der Waals surface area contributed by atoms with Crippen LogP contribution in [-0.4, -0.2) is 17.5 Å². The van der Waals surface area contributed by atoms with Crippen LogP contribution in [0.4, 0.5) is 5.69 Å². The third-order valence-electron chi connectivity index (χ3n) is 2.42. The van der Waals surface area contributed by atoms with E-state index in [0.29, 0.717) is 10.0 Å². The molecule has 1 N–H and O–H groups in total. The molecule has 1 aromatic rings. The molecule has 1 heterocycles. The molecule has 1 aliphatic rings. The van der Waals surface area contributed by atoms with Crippen molar-refractivity contribution in [3.63, 3.8) is 0 Å². The van der Waals surface area contributed by atoms with Crippen molar-refractivity contribution < 1.29 is 0 Å². The van der Waals surface area contributed by atoms with Gasteiger partial charge >= 0.3 is 0 Å². The maximum absolute atomic E-state index is 6.09. The monoisotopic (exact) mass is 288 g/mol. The minimum absolute atomic E-state index is 0.272. The number of nitrogens with one attached hydrogen (secondary N) is 1. The van der Waals surface area contributed by atoms with Gasteiger partial charge in [-0.05, 0) is 23.6 Å². The summed E-state index contributed by atoms with van der Waals surface area (Å²) in [4.78, 5) is 4.52. The van der Waals surface area contributed by atoms with Crippen LogP contribution in [0.15, 0.2) is 23.2 Å². The van der Waals surface area contributed by atoms with Crippen LogP contribution >= 0.6 is 35.0 Å². The first kappa shape index (κ1) is 13.1. The van der Waals surface area contributed by atoms with Gasteiger partial charge in [0.2, 0.25) is 0 Å². The van der Waals surface area contributed by atoms with Crippen LogP contribution < -0.4 is 5.32 Å². The Bertz CT molecular complexity index is 458. The molecule has 0 amide bonds. The van der Waals surface area contributed by atoms with Gasteiger partial charge in [-0.15, -0.1) is 0 Å². The molecule has 0 bridgehead atoms. The number of anilines is 1. The summed E-state index contributed by atoms with van der Waals surface area (Å²) < 4.78 is 0. The van der Waals surface area contributed by atoms with Crippen LogP contribution in [0.1, 0.15) is 13.8 Å². The van der Waals surface area contributed by atoms with Gasteiger partial charge in [-0.1, -0.05) is 48.8 Å². The van der Waals surface area contributed by atoms with Gasteiger partial charge in [0.25, 0.3) is 0 Å².